The number of benzene rings is 1. The molecule has 0 saturated heterocycles. The van der Waals surface area contributed by atoms with Crippen LogP contribution in [0.4, 0.5) is 5.82 Å². The third-order valence-electron chi connectivity index (χ3n) is 4.63. The van der Waals surface area contributed by atoms with Crippen molar-refractivity contribution in [3.8, 4) is 0 Å². The zero-order valence-corrected chi connectivity index (χ0v) is 12.9. The minimum atomic E-state index is 0.483. The second kappa shape index (κ2) is 5.09. The Kier molecular flexibility index (Phi) is 3.06. The predicted octanol–water partition coefficient (Wildman–Crippen LogP) is 2.43. The molecule has 1 atom stereocenters. The van der Waals surface area contributed by atoms with Crippen LogP contribution in [0, 0.1) is 6.92 Å². The van der Waals surface area contributed by atoms with E-state index < -0.39 is 0 Å². The Morgan fingerprint density at radius 2 is 1.91 bits per heavy atom. The summed E-state index contributed by atoms with van der Waals surface area (Å²) in [6.45, 7) is 1.92. The van der Waals surface area contributed by atoms with Gasteiger partial charge < -0.3 is 4.90 Å². The van der Waals surface area contributed by atoms with Crippen LogP contribution < -0.4 is 4.90 Å². The van der Waals surface area contributed by atoms with Gasteiger partial charge in [-0.3, -0.25) is 0 Å². The summed E-state index contributed by atoms with van der Waals surface area (Å²) in [6.07, 6.45) is 3.38. The fraction of sp³-hybridized carbons (Fsp3) is 0.353. The van der Waals surface area contributed by atoms with E-state index in [9.17, 15) is 0 Å². The number of rotatable bonds is 2. The van der Waals surface area contributed by atoms with E-state index >= 15 is 0 Å². The van der Waals surface area contributed by atoms with Gasteiger partial charge in [0.25, 0.3) is 0 Å². The van der Waals surface area contributed by atoms with Crippen LogP contribution in [0.2, 0.25) is 0 Å². The summed E-state index contributed by atoms with van der Waals surface area (Å²) in [4.78, 5) is 2.29. The van der Waals surface area contributed by atoms with Crippen molar-refractivity contribution in [2.75, 3.05) is 11.9 Å². The van der Waals surface area contributed by atoms with Gasteiger partial charge in [0, 0.05) is 13.1 Å². The number of anilines is 1. The van der Waals surface area contributed by atoms with E-state index in [4.69, 9.17) is 0 Å². The van der Waals surface area contributed by atoms with Gasteiger partial charge >= 0.3 is 0 Å². The molecule has 3 aromatic rings. The second-order valence-electron chi connectivity index (χ2n) is 5.98. The van der Waals surface area contributed by atoms with Crippen LogP contribution in [0.1, 0.15) is 23.4 Å². The highest BCUT2D eigenvalue weighted by Gasteiger charge is 2.23. The minimum Gasteiger partial charge on any atom is -0.355 e. The lowest BCUT2D eigenvalue weighted by Crippen LogP contribution is -2.37. The number of hydrogen-bond donors (Lipinski definition) is 0. The lowest BCUT2D eigenvalue weighted by Gasteiger charge is -2.33. The van der Waals surface area contributed by atoms with Crippen molar-refractivity contribution in [3.63, 3.8) is 0 Å². The second-order valence-corrected chi connectivity index (χ2v) is 5.98. The molecule has 0 spiro atoms. The molecule has 0 aliphatic heterocycles. The standard InChI is InChI=1S/C17H19N5/c1-12-18-19-16-9-10-17(20-22(12)16)21(2)15-8-7-13-5-3-4-6-14(13)11-15/h3-6,9-10,15H,7-8,11H2,1-2H3. The third-order valence-corrected chi connectivity index (χ3v) is 4.63. The number of likely N-dealkylation sites (N-methyl/N-ethyl adjacent to an activating group) is 1. The maximum absolute atomic E-state index is 4.68. The normalized spacial score (nSPS) is 17.5. The lowest BCUT2D eigenvalue weighted by molar-refractivity contribution is 0.541. The highest BCUT2D eigenvalue weighted by molar-refractivity contribution is 5.46. The first kappa shape index (κ1) is 13.2. The van der Waals surface area contributed by atoms with Gasteiger partial charge in [0.1, 0.15) is 5.82 Å². The van der Waals surface area contributed by atoms with Crippen LogP contribution in [0.3, 0.4) is 0 Å². The molecule has 22 heavy (non-hydrogen) atoms. The number of fused-ring (bicyclic) bond motifs is 2. The predicted molar refractivity (Wildman–Crippen MR) is 86.2 cm³/mol. The molecule has 1 aliphatic carbocycles. The summed E-state index contributed by atoms with van der Waals surface area (Å²) in [5, 5.41) is 12.8. The molecule has 2 heterocycles. The quantitative estimate of drug-likeness (QED) is 0.728. The van der Waals surface area contributed by atoms with Crippen molar-refractivity contribution < 1.29 is 0 Å². The molecule has 112 valence electrons. The highest BCUT2D eigenvalue weighted by Crippen LogP contribution is 2.26. The van der Waals surface area contributed by atoms with E-state index in [1.165, 1.54) is 11.1 Å². The van der Waals surface area contributed by atoms with E-state index in [1.54, 1.807) is 0 Å². The smallest absolute Gasteiger partial charge is 0.178 e. The number of aryl methyl sites for hydroxylation is 2. The Hall–Kier alpha value is -2.43. The molecule has 0 bridgehead atoms. The SMILES string of the molecule is Cc1nnc2ccc(N(C)C3CCc4ccccc4C3)nn12. The molecule has 1 aromatic carbocycles. The topological polar surface area (TPSA) is 46.3 Å². The van der Waals surface area contributed by atoms with Crippen molar-refractivity contribution in [1.82, 2.24) is 19.8 Å². The van der Waals surface area contributed by atoms with Crippen LogP contribution in [-0.4, -0.2) is 32.9 Å². The van der Waals surface area contributed by atoms with Gasteiger partial charge in [0.2, 0.25) is 0 Å². The summed E-state index contributed by atoms with van der Waals surface area (Å²) in [5.41, 5.74) is 3.75. The van der Waals surface area contributed by atoms with Gasteiger partial charge in [-0.1, -0.05) is 24.3 Å². The zero-order chi connectivity index (χ0) is 15.1. The van der Waals surface area contributed by atoms with E-state index in [0.717, 1.165) is 36.6 Å². The Morgan fingerprint density at radius 3 is 2.77 bits per heavy atom. The molecule has 0 fully saturated rings. The maximum atomic E-state index is 4.68. The van der Waals surface area contributed by atoms with E-state index in [-0.39, 0.29) is 0 Å². The molecular formula is C17H19N5. The molecule has 1 aliphatic rings. The number of hydrogen-bond acceptors (Lipinski definition) is 4. The summed E-state index contributed by atoms with van der Waals surface area (Å²) in [7, 11) is 2.13. The molecule has 0 N–H and O–H groups in total. The molecule has 2 aromatic heterocycles. The summed E-state index contributed by atoms with van der Waals surface area (Å²) < 4.78 is 1.81. The lowest BCUT2D eigenvalue weighted by atomic mass is 9.88. The summed E-state index contributed by atoms with van der Waals surface area (Å²) >= 11 is 0. The number of aromatic nitrogens is 4. The maximum Gasteiger partial charge on any atom is 0.178 e. The van der Waals surface area contributed by atoms with E-state index in [1.807, 2.05) is 23.6 Å². The fourth-order valence-corrected chi connectivity index (χ4v) is 3.27. The van der Waals surface area contributed by atoms with Crippen molar-refractivity contribution in [1.29, 1.82) is 0 Å². The largest absolute Gasteiger partial charge is 0.355 e. The van der Waals surface area contributed by atoms with Crippen LogP contribution in [-0.2, 0) is 12.8 Å². The summed E-state index contributed by atoms with van der Waals surface area (Å²) in [6, 6.07) is 13.3. The fourth-order valence-electron chi connectivity index (χ4n) is 3.27. The van der Waals surface area contributed by atoms with Crippen molar-refractivity contribution >= 4 is 11.5 Å². The molecule has 1 unspecified atom stereocenters. The average Bonchev–Trinajstić information content (AvgIpc) is 2.94. The zero-order valence-electron chi connectivity index (χ0n) is 12.9. The van der Waals surface area contributed by atoms with Crippen molar-refractivity contribution in [2.45, 2.75) is 32.2 Å². The Morgan fingerprint density at radius 1 is 1.09 bits per heavy atom. The van der Waals surface area contributed by atoms with Gasteiger partial charge in [-0.05, 0) is 49.4 Å². The molecular weight excluding hydrogens is 274 g/mol. The van der Waals surface area contributed by atoms with Gasteiger partial charge in [-0.25, -0.2) is 0 Å². The van der Waals surface area contributed by atoms with Crippen LogP contribution >= 0.6 is 0 Å². The van der Waals surface area contributed by atoms with Gasteiger partial charge in [-0.2, -0.15) is 4.52 Å². The first-order valence-electron chi connectivity index (χ1n) is 7.71. The van der Waals surface area contributed by atoms with Crippen molar-refractivity contribution in [3.05, 3.63) is 53.3 Å². The Balaban J connectivity index is 1.63. The minimum absolute atomic E-state index is 0.483. The monoisotopic (exact) mass is 293 g/mol. The Bertz CT molecular complexity index is 823. The van der Waals surface area contributed by atoms with Gasteiger partial charge in [0.05, 0.1) is 0 Å². The van der Waals surface area contributed by atoms with E-state index in [2.05, 4.69) is 51.5 Å². The van der Waals surface area contributed by atoms with E-state index in [0.29, 0.717) is 6.04 Å². The summed E-state index contributed by atoms with van der Waals surface area (Å²) in [5.74, 6) is 1.79. The number of nitrogens with zero attached hydrogens (tertiary/aromatic N) is 5. The third kappa shape index (κ3) is 2.13. The molecule has 0 radical (unpaired) electrons. The van der Waals surface area contributed by atoms with Gasteiger partial charge in [0.15, 0.2) is 11.5 Å². The van der Waals surface area contributed by atoms with Gasteiger partial charge in [-0.15, -0.1) is 15.3 Å². The molecule has 0 amide bonds. The first-order valence-corrected chi connectivity index (χ1v) is 7.71. The molecule has 5 heteroatoms. The molecule has 4 rings (SSSR count). The average molecular weight is 293 g/mol. The molecule has 0 saturated carbocycles. The molecule has 5 nitrogen and oxygen atoms in total. The van der Waals surface area contributed by atoms with Crippen LogP contribution in [0.15, 0.2) is 36.4 Å². The highest BCUT2D eigenvalue weighted by atomic mass is 15.4. The van der Waals surface area contributed by atoms with Crippen molar-refractivity contribution in [2.24, 2.45) is 0 Å². The first-order chi connectivity index (χ1) is 10.7. The van der Waals surface area contributed by atoms with Crippen LogP contribution in [0.25, 0.3) is 5.65 Å². The van der Waals surface area contributed by atoms with Crippen LogP contribution in [0.5, 0.6) is 0 Å². The Labute approximate surface area is 129 Å².